The number of aryl methyl sites for hydroxylation is 1. The molecule has 0 radical (unpaired) electrons. The monoisotopic (exact) mass is 366 g/mol. The maximum Gasteiger partial charge on any atom is 0.217 e. The first-order valence-electron chi connectivity index (χ1n) is 9.44. The van der Waals surface area contributed by atoms with Crippen LogP contribution >= 0.6 is 0 Å². The molecule has 1 aromatic rings. The summed E-state index contributed by atoms with van der Waals surface area (Å²) in [6, 6.07) is 8.16. The van der Waals surface area contributed by atoms with Crippen LogP contribution in [0.15, 0.2) is 24.3 Å². The van der Waals surface area contributed by atoms with Gasteiger partial charge < -0.3 is 9.64 Å². The standard InChI is InChI=1S/C19H30N2O3S/c1-24-19-11-5-2-7-17(19)8-6-12-20-13-15-21(16-14-20)25(22,23)18-9-3-4-10-18/h2,5,7,11,18H,3-4,6,8-10,12-16H2,1H3. The van der Waals surface area contributed by atoms with E-state index in [1.807, 2.05) is 18.2 Å². The topological polar surface area (TPSA) is 49.9 Å². The quantitative estimate of drug-likeness (QED) is 0.744. The summed E-state index contributed by atoms with van der Waals surface area (Å²) in [6.45, 7) is 3.99. The van der Waals surface area contributed by atoms with Gasteiger partial charge in [0.2, 0.25) is 10.0 Å². The largest absolute Gasteiger partial charge is 0.496 e. The Morgan fingerprint density at radius 1 is 1.08 bits per heavy atom. The highest BCUT2D eigenvalue weighted by Crippen LogP contribution is 2.27. The van der Waals surface area contributed by atoms with Gasteiger partial charge in [-0.2, -0.15) is 4.31 Å². The van der Waals surface area contributed by atoms with E-state index in [1.165, 1.54) is 5.56 Å². The average Bonchev–Trinajstić information content (AvgIpc) is 3.18. The number of methoxy groups -OCH3 is 1. The number of ether oxygens (including phenoxy) is 1. The first-order chi connectivity index (χ1) is 12.1. The van der Waals surface area contributed by atoms with Crippen LogP contribution in [-0.2, 0) is 16.4 Å². The summed E-state index contributed by atoms with van der Waals surface area (Å²) in [4.78, 5) is 2.39. The molecule has 5 nitrogen and oxygen atoms in total. The Labute approximate surface area is 152 Å². The highest BCUT2D eigenvalue weighted by Gasteiger charge is 2.35. The first-order valence-corrected chi connectivity index (χ1v) is 10.9. The van der Waals surface area contributed by atoms with Gasteiger partial charge >= 0.3 is 0 Å². The molecule has 1 saturated carbocycles. The molecule has 6 heteroatoms. The fraction of sp³-hybridized carbons (Fsp3) is 0.684. The number of sulfonamides is 1. The summed E-state index contributed by atoms with van der Waals surface area (Å²) in [6.07, 6.45) is 5.88. The lowest BCUT2D eigenvalue weighted by Gasteiger charge is -2.35. The van der Waals surface area contributed by atoms with E-state index in [0.29, 0.717) is 13.1 Å². The Kier molecular flexibility index (Phi) is 6.36. The zero-order valence-electron chi connectivity index (χ0n) is 15.2. The zero-order chi connectivity index (χ0) is 17.7. The second-order valence-corrected chi connectivity index (χ2v) is 9.32. The van der Waals surface area contributed by atoms with Crippen LogP contribution in [0.25, 0.3) is 0 Å². The molecule has 0 unspecified atom stereocenters. The molecule has 0 amide bonds. The Hall–Kier alpha value is -1.11. The van der Waals surface area contributed by atoms with Crippen molar-refractivity contribution in [2.75, 3.05) is 39.8 Å². The van der Waals surface area contributed by atoms with Crippen LogP contribution in [0.5, 0.6) is 5.75 Å². The molecule has 1 saturated heterocycles. The zero-order valence-corrected chi connectivity index (χ0v) is 16.0. The smallest absolute Gasteiger partial charge is 0.217 e. The van der Waals surface area contributed by atoms with E-state index in [9.17, 15) is 8.42 Å². The minimum Gasteiger partial charge on any atom is -0.496 e. The molecule has 0 atom stereocenters. The van der Waals surface area contributed by atoms with E-state index in [4.69, 9.17) is 4.74 Å². The van der Waals surface area contributed by atoms with Gasteiger partial charge in [0, 0.05) is 26.2 Å². The second-order valence-electron chi connectivity index (χ2n) is 7.11. The maximum absolute atomic E-state index is 12.7. The van der Waals surface area contributed by atoms with Crippen LogP contribution < -0.4 is 4.74 Å². The van der Waals surface area contributed by atoms with Crippen molar-refractivity contribution in [3.8, 4) is 5.75 Å². The summed E-state index contributed by atoms with van der Waals surface area (Å²) in [5.41, 5.74) is 1.24. The van der Waals surface area contributed by atoms with Crippen molar-refractivity contribution in [1.29, 1.82) is 0 Å². The second kappa shape index (κ2) is 8.52. The number of rotatable bonds is 7. The minimum atomic E-state index is -3.07. The van der Waals surface area contributed by atoms with E-state index >= 15 is 0 Å². The van der Waals surface area contributed by atoms with E-state index in [2.05, 4.69) is 11.0 Å². The third-order valence-electron chi connectivity index (χ3n) is 5.53. The maximum atomic E-state index is 12.7. The molecule has 0 N–H and O–H groups in total. The van der Waals surface area contributed by atoms with E-state index in [-0.39, 0.29) is 5.25 Å². The Bertz CT molecular complexity index is 648. The normalized spacial score (nSPS) is 20.8. The van der Waals surface area contributed by atoms with Gasteiger partial charge in [0.15, 0.2) is 0 Å². The summed E-state index contributed by atoms with van der Waals surface area (Å²) >= 11 is 0. The minimum absolute atomic E-state index is 0.121. The number of piperazine rings is 1. The summed E-state index contributed by atoms with van der Waals surface area (Å²) < 4.78 is 32.5. The molecule has 3 rings (SSSR count). The van der Waals surface area contributed by atoms with Gasteiger partial charge in [-0.25, -0.2) is 8.42 Å². The van der Waals surface area contributed by atoms with Crippen LogP contribution in [0, 0.1) is 0 Å². The Morgan fingerprint density at radius 2 is 1.76 bits per heavy atom. The molecular formula is C19H30N2O3S. The van der Waals surface area contributed by atoms with Crippen molar-refractivity contribution in [2.24, 2.45) is 0 Å². The fourth-order valence-corrected chi connectivity index (χ4v) is 6.03. The lowest BCUT2D eigenvalue weighted by molar-refractivity contribution is 0.185. The van der Waals surface area contributed by atoms with Crippen LogP contribution in [-0.4, -0.2) is 62.7 Å². The van der Waals surface area contributed by atoms with E-state index in [1.54, 1.807) is 11.4 Å². The molecule has 1 aromatic carbocycles. The molecule has 1 aliphatic heterocycles. The van der Waals surface area contributed by atoms with Crippen LogP contribution in [0.3, 0.4) is 0 Å². The van der Waals surface area contributed by atoms with Gasteiger partial charge in [-0.3, -0.25) is 0 Å². The van der Waals surface area contributed by atoms with Crippen molar-refractivity contribution < 1.29 is 13.2 Å². The lowest BCUT2D eigenvalue weighted by atomic mass is 10.1. The van der Waals surface area contributed by atoms with Crippen molar-refractivity contribution in [1.82, 2.24) is 9.21 Å². The van der Waals surface area contributed by atoms with Gasteiger partial charge in [0.05, 0.1) is 12.4 Å². The van der Waals surface area contributed by atoms with Crippen molar-refractivity contribution in [3.63, 3.8) is 0 Å². The number of para-hydroxylation sites is 1. The SMILES string of the molecule is COc1ccccc1CCCN1CCN(S(=O)(=O)C2CCCC2)CC1. The Morgan fingerprint density at radius 3 is 2.44 bits per heavy atom. The van der Waals surface area contributed by atoms with E-state index in [0.717, 1.165) is 63.9 Å². The summed E-state index contributed by atoms with van der Waals surface area (Å²) in [7, 11) is -1.36. The highest BCUT2D eigenvalue weighted by atomic mass is 32.2. The summed E-state index contributed by atoms with van der Waals surface area (Å²) in [5.74, 6) is 0.954. The van der Waals surface area contributed by atoms with Crippen LogP contribution in [0.2, 0.25) is 0 Å². The number of hydrogen-bond acceptors (Lipinski definition) is 4. The van der Waals surface area contributed by atoms with Crippen molar-refractivity contribution in [2.45, 2.75) is 43.8 Å². The van der Waals surface area contributed by atoms with Gasteiger partial charge in [-0.15, -0.1) is 0 Å². The number of benzene rings is 1. The predicted molar refractivity (Wildman–Crippen MR) is 101 cm³/mol. The number of hydrogen-bond donors (Lipinski definition) is 0. The van der Waals surface area contributed by atoms with Gasteiger partial charge in [0.1, 0.15) is 5.75 Å². The third kappa shape index (κ3) is 4.54. The molecule has 1 heterocycles. The Balaban J connectivity index is 1.43. The van der Waals surface area contributed by atoms with Gasteiger partial charge in [0.25, 0.3) is 0 Å². The molecule has 2 aliphatic rings. The molecule has 140 valence electrons. The molecular weight excluding hydrogens is 336 g/mol. The molecule has 2 fully saturated rings. The lowest BCUT2D eigenvalue weighted by Crippen LogP contribution is -2.50. The molecule has 0 spiro atoms. The fourth-order valence-electron chi connectivity index (χ4n) is 4.01. The van der Waals surface area contributed by atoms with E-state index < -0.39 is 10.0 Å². The van der Waals surface area contributed by atoms with Gasteiger partial charge in [-0.05, 0) is 43.9 Å². The third-order valence-corrected chi connectivity index (χ3v) is 7.93. The molecule has 0 bridgehead atoms. The molecule has 1 aliphatic carbocycles. The average molecular weight is 367 g/mol. The van der Waals surface area contributed by atoms with Gasteiger partial charge in [-0.1, -0.05) is 31.0 Å². The summed E-state index contributed by atoms with van der Waals surface area (Å²) in [5, 5.41) is -0.121. The predicted octanol–water partition coefficient (Wildman–Crippen LogP) is 2.52. The van der Waals surface area contributed by atoms with Crippen molar-refractivity contribution in [3.05, 3.63) is 29.8 Å². The van der Waals surface area contributed by atoms with Crippen LogP contribution in [0.4, 0.5) is 0 Å². The molecule has 0 aromatic heterocycles. The number of nitrogens with zero attached hydrogens (tertiary/aromatic N) is 2. The van der Waals surface area contributed by atoms with Crippen LogP contribution in [0.1, 0.15) is 37.7 Å². The highest BCUT2D eigenvalue weighted by molar-refractivity contribution is 7.89. The first kappa shape index (κ1) is 18.7. The van der Waals surface area contributed by atoms with Crippen molar-refractivity contribution >= 4 is 10.0 Å². The molecule has 25 heavy (non-hydrogen) atoms.